The summed E-state index contributed by atoms with van der Waals surface area (Å²) in [7, 11) is 2.22. The minimum Gasteiger partial charge on any atom is -0.464 e. The van der Waals surface area contributed by atoms with Gasteiger partial charge in [0.2, 0.25) is 0 Å². The second kappa shape index (κ2) is 6.94. The van der Waals surface area contributed by atoms with Crippen molar-refractivity contribution in [3.05, 3.63) is 65.4 Å². The van der Waals surface area contributed by atoms with Crippen LogP contribution in [0.5, 0.6) is 0 Å². The first-order valence-corrected chi connectivity index (χ1v) is 10.3. The summed E-state index contributed by atoms with van der Waals surface area (Å²) in [6.45, 7) is 8.27. The Morgan fingerprint density at radius 3 is 2.57 bits per heavy atom. The highest BCUT2D eigenvalue weighted by Crippen LogP contribution is 2.36. The summed E-state index contributed by atoms with van der Waals surface area (Å²) in [6.07, 6.45) is 2.32. The number of morpholine rings is 1. The highest BCUT2D eigenvalue weighted by atomic mass is 16.5. The Labute approximate surface area is 166 Å². The van der Waals surface area contributed by atoms with Crippen LogP contribution in [0.1, 0.15) is 36.5 Å². The van der Waals surface area contributed by atoms with E-state index < -0.39 is 0 Å². The number of hydrogen-bond acceptors (Lipinski definition) is 4. The first-order valence-electron chi connectivity index (χ1n) is 10.3. The van der Waals surface area contributed by atoms with Gasteiger partial charge in [-0.05, 0) is 61.9 Å². The molecule has 0 amide bonds. The number of likely N-dealkylation sites (N-methyl/N-ethyl adjacent to an activating group) is 1. The van der Waals surface area contributed by atoms with Crippen molar-refractivity contribution in [3.63, 3.8) is 0 Å². The molecule has 0 radical (unpaired) electrons. The summed E-state index contributed by atoms with van der Waals surface area (Å²) in [5.74, 6) is 0.375. The van der Waals surface area contributed by atoms with E-state index in [2.05, 4.69) is 67.1 Å². The minimum absolute atomic E-state index is 0.273. The van der Waals surface area contributed by atoms with E-state index in [9.17, 15) is 0 Å². The summed E-state index contributed by atoms with van der Waals surface area (Å²) in [5.41, 5.74) is 6.50. The summed E-state index contributed by atoms with van der Waals surface area (Å²) in [4.78, 5) is 4.89. The number of rotatable bonds is 2. The van der Waals surface area contributed by atoms with E-state index in [4.69, 9.17) is 9.15 Å². The third kappa shape index (κ3) is 3.21. The van der Waals surface area contributed by atoms with Crippen molar-refractivity contribution >= 4 is 16.7 Å². The number of nitrogens with zero attached hydrogens (tertiary/aromatic N) is 2. The second-order valence-electron chi connectivity index (χ2n) is 8.51. The maximum atomic E-state index is 5.91. The predicted octanol–water partition coefficient (Wildman–Crippen LogP) is 4.62. The number of anilines is 1. The molecule has 4 heteroatoms. The molecule has 1 fully saturated rings. The molecule has 2 aliphatic heterocycles. The van der Waals surface area contributed by atoms with Crippen molar-refractivity contribution in [2.45, 2.75) is 38.5 Å². The second-order valence-corrected chi connectivity index (χ2v) is 8.51. The molecule has 0 saturated carbocycles. The summed E-state index contributed by atoms with van der Waals surface area (Å²) < 4.78 is 11.6. The fourth-order valence-electron chi connectivity index (χ4n) is 4.89. The molecule has 2 aromatic carbocycles. The average Bonchev–Trinajstić information content (AvgIpc) is 3.13. The Morgan fingerprint density at radius 1 is 0.929 bits per heavy atom. The molecule has 0 N–H and O–H groups in total. The molecule has 1 saturated heterocycles. The number of ether oxygens (including phenoxy) is 1. The molecule has 1 aromatic heterocycles. The number of benzene rings is 2. The maximum Gasteiger partial charge on any atom is 0.134 e. The van der Waals surface area contributed by atoms with Crippen LogP contribution < -0.4 is 4.90 Å². The predicted molar refractivity (Wildman–Crippen MR) is 113 cm³/mol. The zero-order valence-electron chi connectivity index (χ0n) is 16.9. The Hall–Kier alpha value is -2.30. The van der Waals surface area contributed by atoms with Crippen molar-refractivity contribution in [2.75, 3.05) is 31.6 Å². The lowest BCUT2D eigenvalue weighted by molar-refractivity contribution is -0.00522. The van der Waals surface area contributed by atoms with Crippen molar-refractivity contribution < 1.29 is 9.15 Å². The molecular formula is C24H28N2O2. The van der Waals surface area contributed by atoms with E-state index in [0.717, 1.165) is 31.8 Å². The molecule has 0 aliphatic carbocycles. The molecule has 0 spiro atoms. The monoisotopic (exact) mass is 376 g/mol. The van der Waals surface area contributed by atoms with Gasteiger partial charge in [0, 0.05) is 43.2 Å². The quantitative estimate of drug-likeness (QED) is 0.652. The first-order chi connectivity index (χ1) is 13.6. The summed E-state index contributed by atoms with van der Waals surface area (Å²) in [6, 6.07) is 15.7. The van der Waals surface area contributed by atoms with Gasteiger partial charge in [0.05, 0.1) is 18.5 Å². The lowest BCUT2D eigenvalue weighted by Crippen LogP contribution is -2.45. The fraction of sp³-hybridized carbons (Fsp3) is 0.417. The van der Waals surface area contributed by atoms with Crippen molar-refractivity contribution in [1.29, 1.82) is 0 Å². The van der Waals surface area contributed by atoms with Crippen LogP contribution in [0.3, 0.4) is 0 Å². The SMILES string of the molecule is CC1CN(c2ccc3c(c2)CN(C)CC3c2ccc3ccoc3c2)CC(C)O1. The number of furan rings is 1. The van der Waals surface area contributed by atoms with E-state index in [-0.39, 0.29) is 12.2 Å². The van der Waals surface area contributed by atoms with E-state index in [1.54, 1.807) is 6.26 Å². The molecule has 5 rings (SSSR count). The van der Waals surface area contributed by atoms with Crippen LogP contribution in [0.15, 0.2) is 53.1 Å². The third-order valence-corrected chi connectivity index (χ3v) is 6.10. The Bertz CT molecular complexity index is 985. The van der Waals surface area contributed by atoms with Crippen LogP contribution in [-0.4, -0.2) is 43.8 Å². The van der Waals surface area contributed by atoms with Crippen LogP contribution in [-0.2, 0) is 11.3 Å². The zero-order valence-corrected chi connectivity index (χ0v) is 16.9. The molecule has 4 nitrogen and oxygen atoms in total. The van der Waals surface area contributed by atoms with Gasteiger partial charge in [0.15, 0.2) is 0 Å². The van der Waals surface area contributed by atoms with Gasteiger partial charge in [0.1, 0.15) is 5.58 Å². The lowest BCUT2D eigenvalue weighted by Gasteiger charge is -2.38. The smallest absolute Gasteiger partial charge is 0.134 e. The van der Waals surface area contributed by atoms with E-state index in [0.29, 0.717) is 5.92 Å². The number of hydrogen-bond donors (Lipinski definition) is 0. The average molecular weight is 377 g/mol. The molecule has 2 aliphatic rings. The van der Waals surface area contributed by atoms with Crippen LogP contribution in [0.25, 0.3) is 11.0 Å². The Balaban J connectivity index is 1.50. The molecule has 146 valence electrons. The normalized spacial score (nSPS) is 25.8. The topological polar surface area (TPSA) is 28.9 Å². The minimum atomic E-state index is 0.273. The van der Waals surface area contributed by atoms with Crippen LogP contribution >= 0.6 is 0 Å². The molecule has 0 bridgehead atoms. The number of fused-ring (bicyclic) bond motifs is 2. The Kier molecular flexibility index (Phi) is 4.41. The van der Waals surface area contributed by atoms with E-state index >= 15 is 0 Å². The Morgan fingerprint density at radius 2 is 1.75 bits per heavy atom. The first kappa shape index (κ1) is 17.8. The largest absolute Gasteiger partial charge is 0.464 e. The van der Waals surface area contributed by atoms with Gasteiger partial charge in [0.25, 0.3) is 0 Å². The summed E-state index contributed by atoms with van der Waals surface area (Å²) in [5, 5.41) is 1.17. The van der Waals surface area contributed by atoms with Crippen LogP contribution in [0, 0.1) is 0 Å². The third-order valence-electron chi connectivity index (χ3n) is 6.10. The van der Waals surface area contributed by atoms with Gasteiger partial charge < -0.3 is 19.0 Å². The van der Waals surface area contributed by atoms with Gasteiger partial charge in [-0.25, -0.2) is 0 Å². The van der Waals surface area contributed by atoms with E-state index in [1.807, 2.05) is 6.07 Å². The molecule has 28 heavy (non-hydrogen) atoms. The standard InChI is InChI=1S/C24H28N2O2/c1-16-12-26(13-17(2)28-16)21-6-7-22-20(10-21)14-25(3)15-23(22)19-5-4-18-8-9-27-24(18)11-19/h4-11,16-17,23H,12-15H2,1-3H3. The maximum absolute atomic E-state index is 5.91. The highest BCUT2D eigenvalue weighted by Gasteiger charge is 2.27. The molecule has 3 aromatic rings. The summed E-state index contributed by atoms with van der Waals surface area (Å²) >= 11 is 0. The molecule has 3 atom stereocenters. The van der Waals surface area contributed by atoms with E-state index in [1.165, 1.54) is 27.8 Å². The highest BCUT2D eigenvalue weighted by molar-refractivity contribution is 5.78. The fourth-order valence-corrected chi connectivity index (χ4v) is 4.89. The van der Waals surface area contributed by atoms with Gasteiger partial charge in [-0.15, -0.1) is 0 Å². The van der Waals surface area contributed by atoms with Crippen molar-refractivity contribution in [3.8, 4) is 0 Å². The van der Waals surface area contributed by atoms with Crippen molar-refractivity contribution in [2.24, 2.45) is 0 Å². The van der Waals surface area contributed by atoms with Crippen molar-refractivity contribution in [1.82, 2.24) is 4.90 Å². The van der Waals surface area contributed by atoms with Gasteiger partial charge in [-0.3, -0.25) is 0 Å². The zero-order chi connectivity index (χ0) is 19.3. The van der Waals surface area contributed by atoms with Gasteiger partial charge >= 0.3 is 0 Å². The van der Waals surface area contributed by atoms with Gasteiger partial charge in [-0.1, -0.05) is 18.2 Å². The molecule has 3 unspecified atom stereocenters. The molecular weight excluding hydrogens is 348 g/mol. The lowest BCUT2D eigenvalue weighted by atomic mass is 9.84. The van der Waals surface area contributed by atoms with Gasteiger partial charge in [-0.2, -0.15) is 0 Å². The molecule has 3 heterocycles. The van der Waals surface area contributed by atoms with Crippen LogP contribution in [0.4, 0.5) is 5.69 Å². The van der Waals surface area contributed by atoms with Crippen LogP contribution in [0.2, 0.25) is 0 Å².